The summed E-state index contributed by atoms with van der Waals surface area (Å²) < 4.78 is 0. The molecule has 0 heteroatoms. The highest BCUT2D eigenvalue weighted by molar-refractivity contribution is 5.86. The van der Waals surface area contributed by atoms with E-state index in [1.54, 1.807) is 0 Å². The second-order valence-corrected chi connectivity index (χ2v) is 5.05. The molecule has 0 bridgehead atoms. The van der Waals surface area contributed by atoms with Crippen molar-refractivity contribution in [1.82, 2.24) is 0 Å². The Morgan fingerprint density at radius 2 is 1.35 bits per heavy atom. The predicted molar refractivity (Wildman–Crippen MR) is 88.2 cm³/mol. The molecular weight excluding hydrogens is 240 g/mol. The average Bonchev–Trinajstić information content (AvgIpc) is 2.99. The van der Waals surface area contributed by atoms with Crippen LogP contribution >= 0.6 is 0 Å². The van der Waals surface area contributed by atoms with Gasteiger partial charge >= 0.3 is 0 Å². The van der Waals surface area contributed by atoms with Crippen LogP contribution in [0.3, 0.4) is 0 Å². The summed E-state index contributed by atoms with van der Waals surface area (Å²) in [6.07, 6.45) is 9.70. The molecule has 0 unspecified atom stereocenters. The summed E-state index contributed by atoms with van der Waals surface area (Å²) in [5.41, 5.74) is 6.70. The second-order valence-electron chi connectivity index (χ2n) is 5.05. The summed E-state index contributed by atoms with van der Waals surface area (Å²) in [5.74, 6) is 0. The average molecular weight is 258 g/mol. The first-order chi connectivity index (χ1) is 9.86. The molecule has 0 saturated heterocycles. The zero-order valence-electron chi connectivity index (χ0n) is 11.7. The molecule has 0 aliphatic heterocycles. The first-order valence-electron chi connectivity index (χ1n) is 7.05. The number of allylic oxidation sites excluding steroid dienone is 5. The molecule has 1 aliphatic rings. The van der Waals surface area contributed by atoms with E-state index in [9.17, 15) is 0 Å². The van der Waals surface area contributed by atoms with Gasteiger partial charge in [-0.05, 0) is 41.2 Å². The van der Waals surface area contributed by atoms with E-state index < -0.39 is 0 Å². The third-order valence-corrected chi connectivity index (χ3v) is 3.65. The van der Waals surface area contributed by atoms with Gasteiger partial charge in [0.15, 0.2) is 0 Å². The van der Waals surface area contributed by atoms with Gasteiger partial charge in [0.05, 0.1) is 0 Å². The van der Waals surface area contributed by atoms with Crippen LogP contribution < -0.4 is 0 Å². The normalized spacial score (nSPS) is 14.4. The predicted octanol–water partition coefficient (Wildman–Crippen LogP) is 5.59. The van der Waals surface area contributed by atoms with Crippen LogP contribution in [0.4, 0.5) is 0 Å². The van der Waals surface area contributed by atoms with Crippen molar-refractivity contribution < 1.29 is 0 Å². The summed E-state index contributed by atoms with van der Waals surface area (Å²) in [7, 11) is 0. The van der Waals surface area contributed by atoms with Crippen LogP contribution in [0, 0.1) is 0 Å². The molecule has 0 nitrogen and oxygen atoms in total. The number of hydrogen-bond acceptors (Lipinski definition) is 0. The maximum absolute atomic E-state index is 2.24. The summed E-state index contributed by atoms with van der Waals surface area (Å²) in [4.78, 5) is 0. The molecule has 2 aromatic carbocycles. The zero-order chi connectivity index (χ0) is 13.8. The molecule has 0 saturated carbocycles. The fourth-order valence-corrected chi connectivity index (χ4v) is 2.57. The summed E-state index contributed by atoms with van der Waals surface area (Å²) in [5, 5.41) is 0. The third kappa shape index (κ3) is 2.65. The van der Waals surface area contributed by atoms with Crippen molar-refractivity contribution >= 4 is 17.2 Å². The Kier molecular flexibility index (Phi) is 3.64. The minimum Gasteiger partial charge on any atom is -0.0871 e. The molecule has 0 spiro atoms. The van der Waals surface area contributed by atoms with Crippen molar-refractivity contribution in [3.05, 3.63) is 89.5 Å². The van der Waals surface area contributed by atoms with Gasteiger partial charge in [-0.2, -0.15) is 0 Å². The molecule has 20 heavy (non-hydrogen) atoms. The van der Waals surface area contributed by atoms with Gasteiger partial charge in [-0.15, -0.1) is 0 Å². The van der Waals surface area contributed by atoms with Gasteiger partial charge in [0.25, 0.3) is 0 Å². The molecule has 0 radical (unpaired) electrons. The van der Waals surface area contributed by atoms with Gasteiger partial charge in [0.2, 0.25) is 0 Å². The summed E-state index contributed by atoms with van der Waals surface area (Å²) in [6, 6.07) is 19.4. The molecule has 0 aromatic heterocycles. The maximum Gasteiger partial charge on any atom is -0.00139 e. The van der Waals surface area contributed by atoms with Crippen LogP contribution in [-0.4, -0.2) is 0 Å². The van der Waals surface area contributed by atoms with Crippen LogP contribution in [0.1, 0.15) is 30.0 Å². The van der Waals surface area contributed by atoms with E-state index in [4.69, 9.17) is 0 Å². The highest BCUT2D eigenvalue weighted by atomic mass is 14.2. The Bertz CT molecular complexity index is 668. The van der Waals surface area contributed by atoms with Gasteiger partial charge in [-0.1, -0.05) is 78.9 Å². The van der Waals surface area contributed by atoms with Gasteiger partial charge in [-0.3, -0.25) is 0 Å². The van der Waals surface area contributed by atoms with Crippen molar-refractivity contribution in [3.63, 3.8) is 0 Å². The largest absolute Gasteiger partial charge is 0.0871 e. The van der Waals surface area contributed by atoms with Crippen LogP contribution in [0.15, 0.2) is 72.8 Å². The zero-order valence-corrected chi connectivity index (χ0v) is 11.7. The Labute approximate surface area is 120 Å². The van der Waals surface area contributed by atoms with Crippen molar-refractivity contribution in [3.8, 4) is 0 Å². The molecule has 0 heterocycles. The quantitative estimate of drug-likeness (QED) is 0.673. The van der Waals surface area contributed by atoms with Crippen molar-refractivity contribution in [2.75, 3.05) is 0 Å². The third-order valence-electron chi connectivity index (χ3n) is 3.65. The minimum absolute atomic E-state index is 1.02. The second kappa shape index (κ2) is 5.75. The first-order valence-corrected chi connectivity index (χ1v) is 7.05. The monoisotopic (exact) mass is 258 g/mol. The van der Waals surface area contributed by atoms with Gasteiger partial charge < -0.3 is 0 Å². The van der Waals surface area contributed by atoms with E-state index >= 15 is 0 Å². The van der Waals surface area contributed by atoms with Crippen LogP contribution in [-0.2, 0) is 0 Å². The lowest BCUT2D eigenvalue weighted by molar-refractivity contribution is 1.42. The van der Waals surface area contributed by atoms with E-state index in [-0.39, 0.29) is 0 Å². The SMILES string of the molecule is C/C=C/c1ccc(C2=CC=C(c3ccccc3)C2)cc1. The van der Waals surface area contributed by atoms with Gasteiger partial charge in [0, 0.05) is 0 Å². The Morgan fingerprint density at radius 1 is 0.750 bits per heavy atom. The molecule has 3 rings (SSSR count). The molecule has 0 N–H and O–H groups in total. The molecule has 1 aliphatic carbocycles. The Balaban J connectivity index is 1.75. The Morgan fingerprint density at radius 3 is 1.95 bits per heavy atom. The van der Waals surface area contributed by atoms with Crippen LogP contribution in [0.25, 0.3) is 17.2 Å². The molecule has 0 fully saturated rings. The maximum atomic E-state index is 2.24. The topological polar surface area (TPSA) is 0 Å². The smallest absolute Gasteiger partial charge is 0.00139 e. The molecular formula is C20H18. The Hall–Kier alpha value is -2.34. The van der Waals surface area contributed by atoms with Crippen molar-refractivity contribution in [2.24, 2.45) is 0 Å². The fraction of sp³-hybridized carbons (Fsp3) is 0.100. The lowest BCUT2D eigenvalue weighted by Gasteiger charge is -2.06. The van der Waals surface area contributed by atoms with Crippen molar-refractivity contribution in [1.29, 1.82) is 0 Å². The first kappa shape index (κ1) is 12.7. The van der Waals surface area contributed by atoms with Gasteiger partial charge in [-0.25, -0.2) is 0 Å². The van der Waals surface area contributed by atoms with E-state index in [1.165, 1.54) is 27.8 Å². The van der Waals surface area contributed by atoms with Crippen LogP contribution in [0.2, 0.25) is 0 Å². The lowest BCUT2D eigenvalue weighted by Crippen LogP contribution is -1.85. The van der Waals surface area contributed by atoms with Crippen LogP contribution in [0.5, 0.6) is 0 Å². The van der Waals surface area contributed by atoms with E-state index in [0.717, 1.165) is 6.42 Å². The molecule has 2 aromatic rings. The lowest BCUT2D eigenvalue weighted by atomic mass is 9.98. The highest BCUT2D eigenvalue weighted by Gasteiger charge is 2.11. The standard InChI is InChI=1S/C20H18/c1-2-6-16-9-11-18(12-10-16)20-14-13-19(15-20)17-7-4-3-5-8-17/h2-14H,15H2,1H3/b6-2+. The fourth-order valence-electron chi connectivity index (χ4n) is 2.57. The molecule has 0 atom stereocenters. The summed E-state index contributed by atoms with van der Waals surface area (Å²) in [6.45, 7) is 2.05. The van der Waals surface area contributed by atoms with Gasteiger partial charge in [0.1, 0.15) is 0 Å². The minimum atomic E-state index is 1.02. The van der Waals surface area contributed by atoms with Crippen molar-refractivity contribution in [2.45, 2.75) is 13.3 Å². The molecule has 98 valence electrons. The summed E-state index contributed by atoms with van der Waals surface area (Å²) >= 11 is 0. The molecule has 0 amide bonds. The van der Waals surface area contributed by atoms with E-state index in [2.05, 4.69) is 78.9 Å². The van der Waals surface area contributed by atoms with E-state index in [0.29, 0.717) is 0 Å². The number of hydrogen-bond donors (Lipinski definition) is 0. The number of rotatable bonds is 3. The van der Waals surface area contributed by atoms with E-state index in [1.807, 2.05) is 6.92 Å². The number of benzene rings is 2. The highest BCUT2D eigenvalue weighted by Crippen LogP contribution is 2.33.